The maximum Gasteiger partial charge on any atom is 0.274 e. The Labute approximate surface area is 177 Å². The largest absolute Gasteiger partial charge is 0.490 e. The van der Waals surface area contributed by atoms with E-state index in [1.165, 1.54) is 11.3 Å². The second-order valence-electron chi connectivity index (χ2n) is 6.77. The monoisotopic (exact) mass is 428 g/mol. The van der Waals surface area contributed by atoms with Crippen molar-refractivity contribution in [3.05, 3.63) is 60.9 Å². The molecule has 5 nitrogen and oxygen atoms in total. The van der Waals surface area contributed by atoms with Gasteiger partial charge in [-0.05, 0) is 74.7 Å². The van der Waals surface area contributed by atoms with Crippen LogP contribution in [0, 0.1) is 13.8 Å². The molecular weight excluding hydrogens is 408 g/mol. The lowest BCUT2D eigenvalue weighted by Crippen LogP contribution is -2.22. The molecule has 4 aromatic rings. The van der Waals surface area contributed by atoms with Crippen molar-refractivity contribution in [3.63, 3.8) is 0 Å². The van der Waals surface area contributed by atoms with Gasteiger partial charge in [-0.3, -0.25) is 4.79 Å². The molecule has 0 unspecified atom stereocenters. The van der Waals surface area contributed by atoms with Gasteiger partial charge in [-0.1, -0.05) is 22.9 Å². The summed E-state index contributed by atoms with van der Waals surface area (Å²) in [5.74, 6) is 1.09. The van der Waals surface area contributed by atoms with E-state index in [4.69, 9.17) is 21.1 Å². The number of aromatic nitrogens is 2. The minimum atomic E-state index is -0.0845. The standard InChI is InChI=1S/C22H21ClN2O3S/c1-5-27-18-10-14(9-15(23)20(18)28-6-2)11-19-21(26)25-17-8-13(4)12(3)7-16(17)24-22(25)29-19/h7-11H,5-6H2,1-4H3. The van der Waals surface area contributed by atoms with Crippen molar-refractivity contribution < 1.29 is 9.47 Å². The average molecular weight is 429 g/mol. The van der Waals surface area contributed by atoms with E-state index in [0.29, 0.717) is 39.2 Å². The summed E-state index contributed by atoms with van der Waals surface area (Å²) >= 11 is 7.77. The van der Waals surface area contributed by atoms with Gasteiger partial charge in [-0.2, -0.15) is 0 Å². The highest BCUT2D eigenvalue weighted by molar-refractivity contribution is 7.15. The molecule has 2 aromatic heterocycles. The van der Waals surface area contributed by atoms with Gasteiger partial charge in [0.05, 0.1) is 33.8 Å². The normalized spacial score (nSPS) is 12.2. The molecule has 0 atom stereocenters. The van der Waals surface area contributed by atoms with Crippen LogP contribution in [0.5, 0.6) is 11.5 Å². The molecule has 2 heterocycles. The molecule has 150 valence electrons. The maximum absolute atomic E-state index is 13.1. The molecule has 0 aliphatic heterocycles. The minimum absolute atomic E-state index is 0.0845. The zero-order chi connectivity index (χ0) is 20.7. The highest BCUT2D eigenvalue weighted by atomic mass is 35.5. The predicted octanol–water partition coefficient (Wildman–Crippen LogP) is 4.52. The second-order valence-corrected chi connectivity index (χ2v) is 8.18. The highest BCUT2D eigenvalue weighted by Gasteiger charge is 2.14. The van der Waals surface area contributed by atoms with Gasteiger partial charge in [0.25, 0.3) is 5.56 Å². The number of rotatable bonds is 5. The third-order valence-corrected chi connectivity index (χ3v) is 6.02. The molecule has 0 amide bonds. The molecule has 0 bridgehead atoms. The van der Waals surface area contributed by atoms with E-state index < -0.39 is 0 Å². The Kier molecular flexibility index (Phi) is 5.23. The van der Waals surface area contributed by atoms with Gasteiger partial charge >= 0.3 is 0 Å². The van der Waals surface area contributed by atoms with Crippen molar-refractivity contribution in [1.82, 2.24) is 9.38 Å². The van der Waals surface area contributed by atoms with Crippen molar-refractivity contribution in [2.75, 3.05) is 13.2 Å². The highest BCUT2D eigenvalue weighted by Crippen LogP contribution is 2.37. The molecule has 4 rings (SSSR count). The molecule has 0 radical (unpaired) electrons. The number of imidazole rings is 1. The average Bonchev–Trinajstić information content (AvgIpc) is 3.15. The van der Waals surface area contributed by atoms with E-state index in [2.05, 4.69) is 4.98 Å². The molecule has 0 spiro atoms. The lowest BCUT2D eigenvalue weighted by molar-refractivity contribution is 0.288. The summed E-state index contributed by atoms with van der Waals surface area (Å²) in [6.07, 6.45) is 1.82. The SMILES string of the molecule is CCOc1cc(C=c2sc3nc4cc(C)c(C)cc4n3c2=O)cc(Cl)c1OCC. The number of nitrogens with zero attached hydrogens (tertiary/aromatic N) is 2. The third-order valence-electron chi connectivity index (χ3n) is 4.77. The smallest absolute Gasteiger partial charge is 0.274 e. The molecule has 0 N–H and O–H groups in total. The summed E-state index contributed by atoms with van der Waals surface area (Å²) in [5, 5.41) is 0.453. The van der Waals surface area contributed by atoms with Crippen LogP contribution in [0.4, 0.5) is 0 Å². The fourth-order valence-corrected chi connectivity index (χ4v) is 4.55. The number of fused-ring (bicyclic) bond motifs is 3. The fourth-order valence-electron chi connectivity index (χ4n) is 3.29. The summed E-state index contributed by atoms with van der Waals surface area (Å²) in [5.41, 5.74) is 4.66. The molecule has 0 fully saturated rings. The molecule has 0 saturated carbocycles. The van der Waals surface area contributed by atoms with Crippen molar-refractivity contribution in [2.24, 2.45) is 0 Å². The van der Waals surface area contributed by atoms with Crippen LogP contribution >= 0.6 is 22.9 Å². The van der Waals surface area contributed by atoms with E-state index in [9.17, 15) is 4.79 Å². The van der Waals surface area contributed by atoms with E-state index in [1.807, 2.05) is 52.0 Å². The first-order valence-corrected chi connectivity index (χ1v) is 10.7. The van der Waals surface area contributed by atoms with Crippen LogP contribution in [0.3, 0.4) is 0 Å². The lowest BCUT2D eigenvalue weighted by atomic mass is 10.1. The van der Waals surface area contributed by atoms with Crippen molar-refractivity contribution >= 4 is 45.0 Å². The third kappa shape index (κ3) is 3.47. The lowest BCUT2D eigenvalue weighted by Gasteiger charge is -2.13. The number of hydrogen-bond acceptors (Lipinski definition) is 5. The second kappa shape index (κ2) is 7.69. The zero-order valence-corrected chi connectivity index (χ0v) is 18.3. The van der Waals surface area contributed by atoms with E-state index in [0.717, 1.165) is 27.7 Å². The predicted molar refractivity (Wildman–Crippen MR) is 119 cm³/mol. The summed E-state index contributed by atoms with van der Waals surface area (Å²) < 4.78 is 13.6. The van der Waals surface area contributed by atoms with Crippen LogP contribution in [-0.4, -0.2) is 22.6 Å². The zero-order valence-electron chi connectivity index (χ0n) is 16.7. The number of halogens is 1. The van der Waals surface area contributed by atoms with Gasteiger partial charge in [-0.25, -0.2) is 9.38 Å². The molecule has 29 heavy (non-hydrogen) atoms. The molecular formula is C22H21ClN2O3S. The van der Waals surface area contributed by atoms with Gasteiger partial charge in [-0.15, -0.1) is 0 Å². The van der Waals surface area contributed by atoms with Crippen molar-refractivity contribution in [2.45, 2.75) is 27.7 Å². The molecule has 2 aromatic carbocycles. The first-order valence-electron chi connectivity index (χ1n) is 9.46. The first kappa shape index (κ1) is 19.7. The van der Waals surface area contributed by atoms with Gasteiger partial charge in [0, 0.05) is 0 Å². The van der Waals surface area contributed by atoms with Crippen LogP contribution in [0.1, 0.15) is 30.5 Å². The Morgan fingerprint density at radius 1 is 1.10 bits per heavy atom. The van der Waals surface area contributed by atoms with Gasteiger partial charge in [0.2, 0.25) is 0 Å². The summed E-state index contributed by atoms with van der Waals surface area (Å²) in [6, 6.07) is 7.66. The molecule has 0 aliphatic carbocycles. The number of aryl methyl sites for hydroxylation is 2. The fraction of sp³-hybridized carbons (Fsp3) is 0.273. The van der Waals surface area contributed by atoms with Crippen LogP contribution in [-0.2, 0) is 0 Å². The molecule has 7 heteroatoms. The Balaban J connectivity index is 1.89. The Hall–Kier alpha value is -2.57. The topological polar surface area (TPSA) is 52.8 Å². The van der Waals surface area contributed by atoms with Crippen molar-refractivity contribution in [3.8, 4) is 11.5 Å². The Morgan fingerprint density at radius 3 is 2.55 bits per heavy atom. The van der Waals surface area contributed by atoms with Crippen LogP contribution in [0.2, 0.25) is 5.02 Å². The van der Waals surface area contributed by atoms with Crippen LogP contribution < -0.4 is 19.6 Å². The van der Waals surface area contributed by atoms with Crippen molar-refractivity contribution in [1.29, 1.82) is 0 Å². The summed E-state index contributed by atoms with van der Waals surface area (Å²) in [4.78, 5) is 18.4. The van der Waals surface area contributed by atoms with E-state index >= 15 is 0 Å². The van der Waals surface area contributed by atoms with E-state index in [-0.39, 0.29) is 5.56 Å². The first-order chi connectivity index (χ1) is 13.9. The van der Waals surface area contributed by atoms with Gasteiger partial charge < -0.3 is 9.47 Å². The maximum atomic E-state index is 13.1. The molecule has 0 saturated heterocycles. The van der Waals surface area contributed by atoms with Crippen LogP contribution in [0.25, 0.3) is 22.1 Å². The minimum Gasteiger partial charge on any atom is -0.490 e. The molecule has 0 aliphatic rings. The summed E-state index contributed by atoms with van der Waals surface area (Å²) in [6.45, 7) is 8.86. The quantitative estimate of drug-likeness (QED) is 0.468. The van der Waals surface area contributed by atoms with Gasteiger partial charge in [0.15, 0.2) is 16.5 Å². The Morgan fingerprint density at radius 2 is 1.83 bits per heavy atom. The van der Waals surface area contributed by atoms with Gasteiger partial charge in [0.1, 0.15) is 0 Å². The van der Waals surface area contributed by atoms with Crippen LogP contribution in [0.15, 0.2) is 29.1 Å². The summed E-state index contributed by atoms with van der Waals surface area (Å²) in [7, 11) is 0. The number of thiazole rings is 1. The number of hydrogen-bond donors (Lipinski definition) is 0. The van der Waals surface area contributed by atoms with E-state index in [1.54, 1.807) is 10.5 Å². The number of ether oxygens (including phenoxy) is 2. The Bertz CT molecular complexity index is 1340. The number of benzene rings is 2.